The summed E-state index contributed by atoms with van der Waals surface area (Å²) in [5.74, 6) is 0.224. The Hall–Kier alpha value is -1.57. The molecule has 4 N–H and O–H groups in total. The van der Waals surface area contributed by atoms with Gasteiger partial charge in [-0.2, -0.15) is 0 Å². The lowest BCUT2D eigenvalue weighted by atomic mass is 10.0. The van der Waals surface area contributed by atoms with Gasteiger partial charge < -0.3 is 21.1 Å². The van der Waals surface area contributed by atoms with Crippen molar-refractivity contribution < 1.29 is 14.7 Å². The van der Waals surface area contributed by atoms with Crippen LogP contribution >= 0.6 is 11.8 Å². The molecule has 1 aromatic carbocycles. The van der Waals surface area contributed by atoms with Crippen LogP contribution in [0.4, 0.5) is 0 Å². The van der Waals surface area contributed by atoms with Crippen LogP contribution < -0.4 is 11.1 Å². The molecular formula is C18H27N3O3S. The van der Waals surface area contributed by atoms with Gasteiger partial charge in [0.1, 0.15) is 12.1 Å². The van der Waals surface area contributed by atoms with Crippen LogP contribution in [-0.2, 0) is 16.0 Å². The van der Waals surface area contributed by atoms with E-state index < -0.39 is 24.1 Å². The maximum Gasteiger partial charge on any atom is 0.254 e. The van der Waals surface area contributed by atoms with E-state index in [1.165, 1.54) is 16.7 Å². The van der Waals surface area contributed by atoms with E-state index in [1.807, 2.05) is 51.1 Å². The van der Waals surface area contributed by atoms with Crippen molar-refractivity contribution in [2.24, 2.45) is 5.73 Å². The fourth-order valence-electron chi connectivity index (χ4n) is 2.68. The van der Waals surface area contributed by atoms with Gasteiger partial charge in [0.05, 0.1) is 5.88 Å². The number of thioether (sulfide) groups is 1. The predicted molar refractivity (Wildman–Crippen MR) is 100.0 cm³/mol. The molecule has 1 aromatic rings. The lowest BCUT2D eigenvalue weighted by Crippen LogP contribution is -2.56. The zero-order valence-electron chi connectivity index (χ0n) is 14.9. The van der Waals surface area contributed by atoms with Crippen LogP contribution in [0.2, 0.25) is 0 Å². The van der Waals surface area contributed by atoms with Crippen molar-refractivity contribution in [2.75, 3.05) is 11.6 Å². The van der Waals surface area contributed by atoms with E-state index in [2.05, 4.69) is 5.32 Å². The van der Waals surface area contributed by atoms with Gasteiger partial charge in [-0.05, 0) is 32.8 Å². The van der Waals surface area contributed by atoms with Crippen LogP contribution in [0.5, 0.6) is 0 Å². The van der Waals surface area contributed by atoms with Crippen molar-refractivity contribution in [3.63, 3.8) is 0 Å². The third-order valence-electron chi connectivity index (χ3n) is 3.94. The summed E-state index contributed by atoms with van der Waals surface area (Å²) in [7, 11) is 0. The molecule has 6 nitrogen and oxygen atoms in total. The number of aliphatic hydroxyl groups excluding tert-OH is 1. The first kappa shape index (κ1) is 19.8. The first-order valence-corrected chi connectivity index (χ1v) is 9.52. The van der Waals surface area contributed by atoms with E-state index in [4.69, 9.17) is 5.73 Å². The van der Waals surface area contributed by atoms with Crippen molar-refractivity contribution >= 4 is 23.6 Å². The van der Waals surface area contributed by atoms with E-state index in [9.17, 15) is 14.7 Å². The Balaban J connectivity index is 2.01. The molecule has 2 amide bonds. The van der Waals surface area contributed by atoms with Crippen molar-refractivity contribution in [1.29, 1.82) is 0 Å². The van der Waals surface area contributed by atoms with E-state index in [-0.39, 0.29) is 11.4 Å². The van der Waals surface area contributed by atoms with Crippen molar-refractivity contribution in [1.82, 2.24) is 10.2 Å². The number of aliphatic hydroxyl groups is 1. The molecular weight excluding hydrogens is 338 g/mol. The van der Waals surface area contributed by atoms with Gasteiger partial charge in [0, 0.05) is 17.3 Å². The third kappa shape index (κ3) is 5.45. The Bertz CT molecular complexity index is 603. The molecule has 1 heterocycles. The number of amides is 2. The zero-order chi connectivity index (χ0) is 18.6. The van der Waals surface area contributed by atoms with Gasteiger partial charge in [0.2, 0.25) is 5.91 Å². The summed E-state index contributed by atoms with van der Waals surface area (Å²) in [4.78, 5) is 26.5. The topological polar surface area (TPSA) is 95.7 Å². The van der Waals surface area contributed by atoms with Crippen LogP contribution in [0.15, 0.2) is 30.3 Å². The van der Waals surface area contributed by atoms with Gasteiger partial charge >= 0.3 is 0 Å². The Morgan fingerprint density at radius 3 is 2.60 bits per heavy atom. The summed E-state index contributed by atoms with van der Waals surface area (Å²) in [5.41, 5.74) is 6.62. The summed E-state index contributed by atoms with van der Waals surface area (Å²) in [6.07, 6.45) is -0.933. The molecule has 0 spiro atoms. The average molecular weight is 365 g/mol. The summed E-state index contributed by atoms with van der Waals surface area (Å²) in [6, 6.07) is 8.20. The molecule has 0 aromatic heterocycles. The number of rotatable bonds is 5. The second kappa shape index (κ2) is 8.21. The van der Waals surface area contributed by atoms with E-state index in [0.29, 0.717) is 18.1 Å². The molecule has 2 rings (SSSR count). The average Bonchev–Trinajstić information content (AvgIpc) is 3.02. The van der Waals surface area contributed by atoms with E-state index >= 15 is 0 Å². The smallest absolute Gasteiger partial charge is 0.254 e. The predicted octanol–water partition coefficient (Wildman–Crippen LogP) is 0.734. The number of nitrogens with one attached hydrogen (secondary N) is 1. The molecule has 1 fully saturated rings. The Labute approximate surface area is 153 Å². The second-order valence-electron chi connectivity index (χ2n) is 7.36. The largest absolute Gasteiger partial charge is 0.382 e. The van der Waals surface area contributed by atoms with Crippen LogP contribution in [0.1, 0.15) is 26.3 Å². The van der Waals surface area contributed by atoms with E-state index in [1.54, 1.807) is 0 Å². The van der Waals surface area contributed by atoms with Gasteiger partial charge in [-0.15, -0.1) is 11.8 Å². The van der Waals surface area contributed by atoms with Crippen molar-refractivity contribution in [3.05, 3.63) is 35.9 Å². The number of hydrogen-bond acceptors (Lipinski definition) is 5. The fraction of sp³-hybridized carbons (Fsp3) is 0.556. The summed E-state index contributed by atoms with van der Waals surface area (Å²) < 4.78 is 0. The highest BCUT2D eigenvalue weighted by Gasteiger charge is 2.39. The molecule has 1 aliphatic heterocycles. The number of benzene rings is 1. The van der Waals surface area contributed by atoms with Gasteiger partial charge in [-0.3, -0.25) is 9.59 Å². The first-order chi connectivity index (χ1) is 11.7. The summed E-state index contributed by atoms with van der Waals surface area (Å²) >= 11 is 1.50. The molecule has 0 radical (unpaired) electrons. The van der Waals surface area contributed by atoms with Gasteiger partial charge in [0.25, 0.3) is 5.91 Å². The SMILES string of the molecule is CC(C)(C)NC(=O)[C@@H]1CSCN1C(=O)[C@@H](O)[C@@H](N)Cc1ccccc1. The number of carbonyl (C=O) groups excluding carboxylic acids is 2. The molecule has 0 unspecified atom stereocenters. The standard InChI is InChI=1S/C18H27N3O3S/c1-18(2,3)20-16(23)14-10-25-11-21(14)17(24)15(22)13(19)9-12-7-5-4-6-8-12/h4-8,13-15,22H,9-11,19H2,1-3H3,(H,20,23)/t13-,14-,15-/m0/s1. The first-order valence-electron chi connectivity index (χ1n) is 8.37. The minimum atomic E-state index is -1.33. The highest BCUT2D eigenvalue weighted by Crippen LogP contribution is 2.23. The van der Waals surface area contributed by atoms with Gasteiger partial charge in [0.15, 0.2) is 0 Å². The number of carbonyl (C=O) groups is 2. The zero-order valence-corrected chi connectivity index (χ0v) is 15.8. The molecule has 1 aliphatic rings. The van der Waals surface area contributed by atoms with Crippen molar-refractivity contribution in [2.45, 2.75) is 50.9 Å². The van der Waals surface area contributed by atoms with Crippen LogP contribution in [0, 0.1) is 0 Å². The van der Waals surface area contributed by atoms with Crippen molar-refractivity contribution in [3.8, 4) is 0 Å². The Kier molecular flexibility index (Phi) is 6.48. The Morgan fingerprint density at radius 2 is 2.00 bits per heavy atom. The molecule has 138 valence electrons. The number of hydrogen-bond donors (Lipinski definition) is 3. The summed E-state index contributed by atoms with van der Waals surface area (Å²) in [6.45, 7) is 5.68. The lowest BCUT2D eigenvalue weighted by molar-refractivity contribution is -0.146. The highest BCUT2D eigenvalue weighted by molar-refractivity contribution is 7.99. The Morgan fingerprint density at radius 1 is 1.36 bits per heavy atom. The lowest BCUT2D eigenvalue weighted by Gasteiger charge is -2.30. The quantitative estimate of drug-likeness (QED) is 0.715. The molecule has 0 bridgehead atoms. The molecule has 0 saturated carbocycles. The molecule has 1 saturated heterocycles. The highest BCUT2D eigenvalue weighted by atomic mass is 32.2. The maximum absolute atomic E-state index is 12.7. The second-order valence-corrected chi connectivity index (χ2v) is 8.36. The maximum atomic E-state index is 12.7. The van der Waals surface area contributed by atoms with Gasteiger partial charge in [-0.25, -0.2) is 0 Å². The normalized spacial score (nSPS) is 20.2. The van der Waals surface area contributed by atoms with Crippen LogP contribution in [0.3, 0.4) is 0 Å². The minimum Gasteiger partial charge on any atom is -0.382 e. The van der Waals surface area contributed by atoms with Gasteiger partial charge in [-0.1, -0.05) is 30.3 Å². The molecule has 25 heavy (non-hydrogen) atoms. The molecule has 7 heteroatoms. The molecule has 0 aliphatic carbocycles. The summed E-state index contributed by atoms with van der Waals surface area (Å²) in [5, 5.41) is 13.3. The third-order valence-corrected chi connectivity index (χ3v) is 4.95. The van der Waals surface area contributed by atoms with E-state index in [0.717, 1.165) is 5.56 Å². The fourth-order valence-corrected chi connectivity index (χ4v) is 3.84. The van der Waals surface area contributed by atoms with Crippen LogP contribution in [0.25, 0.3) is 0 Å². The number of nitrogens with zero attached hydrogens (tertiary/aromatic N) is 1. The monoisotopic (exact) mass is 365 g/mol. The minimum absolute atomic E-state index is 0.199. The van der Waals surface area contributed by atoms with Crippen LogP contribution in [-0.4, -0.2) is 57.2 Å². The number of nitrogens with two attached hydrogens (primary N) is 1. The molecule has 3 atom stereocenters.